The fourth-order valence-corrected chi connectivity index (χ4v) is 2.13. The Bertz CT molecular complexity index is 312. The highest BCUT2D eigenvalue weighted by atomic mass is 35.5. The molecule has 1 aromatic rings. The van der Waals surface area contributed by atoms with Crippen LogP contribution in [0.4, 0.5) is 0 Å². The van der Waals surface area contributed by atoms with E-state index >= 15 is 0 Å². The Hall–Kier alpha value is -0.650. The van der Waals surface area contributed by atoms with Gasteiger partial charge in [-0.15, -0.1) is 12.4 Å². The molecule has 1 aliphatic rings. The van der Waals surface area contributed by atoms with Gasteiger partial charge in [0.05, 0.1) is 13.1 Å². The molecule has 0 atom stereocenters. The maximum atomic E-state index is 5.41. The van der Waals surface area contributed by atoms with Crippen LogP contribution in [0.3, 0.4) is 0 Å². The lowest BCUT2D eigenvalue weighted by Gasteiger charge is -2.21. The van der Waals surface area contributed by atoms with E-state index in [4.69, 9.17) is 10.3 Å². The summed E-state index contributed by atoms with van der Waals surface area (Å²) >= 11 is 0. The highest BCUT2D eigenvalue weighted by Crippen LogP contribution is 2.23. The van der Waals surface area contributed by atoms with Crippen molar-refractivity contribution in [2.45, 2.75) is 44.8 Å². The Morgan fingerprint density at radius 3 is 2.69 bits per heavy atom. The molecule has 0 aliphatic heterocycles. The second-order valence-electron chi connectivity index (χ2n) is 4.16. The Labute approximate surface area is 102 Å². The van der Waals surface area contributed by atoms with Crippen LogP contribution in [0.1, 0.15) is 37.4 Å². The largest absolute Gasteiger partial charge is 0.338 e. The molecule has 1 saturated carbocycles. The van der Waals surface area contributed by atoms with Gasteiger partial charge < -0.3 is 10.3 Å². The molecule has 2 rings (SSSR count). The van der Waals surface area contributed by atoms with Gasteiger partial charge in [0.15, 0.2) is 5.82 Å². The molecular weight excluding hydrogens is 228 g/mol. The van der Waals surface area contributed by atoms with Crippen LogP contribution in [-0.4, -0.2) is 28.1 Å². The number of nitrogens with zero attached hydrogens (tertiary/aromatic N) is 3. The number of aromatic nitrogens is 2. The van der Waals surface area contributed by atoms with Crippen molar-refractivity contribution in [3.63, 3.8) is 0 Å². The van der Waals surface area contributed by atoms with Crippen molar-refractivity contribution in [1.29, 1.82) is 0 Å². The molecular formula is C10H19ClN4O. The lowest BCUT2D eigenvalue weighted by atomic mass is 10.2. The average molecular weight is 247 g/mol. The van der Waals surface area contributed by atoms with Gasteiger partial charge in [0.2, 0.25) is 5.89 Å². The number of rotatable bonds is 4. The smallest absolute Gasteiger partial charge is 0.240 e. The first-order chi connectivity index (χ1) is 7.29. The third-order valence-electron chi connectivity index (χ3n) is 3.02. The standard InChI is InChI=1S/C10H18N4O.ClH/c1-14(8-4-2-3-5-8)7-9-12-10(6-11)15-13-9;/h8H,2-7,11H2,1H3;1H. The SMILES string of the molecule is CN(Cc1noc(CN)n1)C1CCCC1.Cl. The first-order valence-corrected chi connectivity index (χ1v) is 5.51. The fraction of sp³-hybridized carbons (Fsp3) is 0.800. The van der Waals surface area contributed by atoms with Gasteiger partial charge in [0.25, 0.3) is 0 Å². The summed E-state index contributed by atoms with van der Waals surface area (Å²) in [4.78, 5) is 6.50. The van der Waals surface area contributed by atoms with Gasteiger partial charge in [0.1, 0.15) is 0 Å². The summed E-state index contributed by atoms with van der Waals surface area (Å²) in [7, 11) is 2.12. The minimum atomic E-state index is 0. The van der Waals surface area contributed by atoms with Crippen molar-refractivity contribution >= 4 is 12.4 Å². The molecule has 0 amide bonds. The Morgan fingerprint density at radius 2 is 2.12 bits per heavy atom. The van der Waals surface area contributed by atoms with Crippen LogP contribution >= 0.6 is 12.4 Å². The molecule has 92 valence electrons. The molecule has 16 heavy (non-hydrogen) atoms. The number of hydrogen-bond acceptors (Lipinski definition) is 5. The van der Waals surface area contributed by atoms with Crippen LogP contribution in [-0.2, 0) is 13.1 Å². The van der Waals surface area contributed by atoms with Gasteiger partial charge in [-0.2, -0.15) is 4.98 Å². The molecule has 0 saturated heterocycles. The minimum absolute atomic E-state index is 0. The summed E-state index contributed by atoms with van der Waals surface area (Å²) in [5, 5.41) is 3.89. The highest BCUT2D eigenvalue weighted by molar-refractivity contribution is 5.85. The molecule has 0 radical (unpaired) electrons. The molecule has 1 aliphatic carbocycles. The predicted octanol–water partition coefficient (Wildman–Crippen LogP) is 1.32. The van der Waals surface area contributed by atoms with E-state index in [9.17, 15) is 0 Å². The third kappa shape index (κ3) is 3.17. The molecule has 1 aromatic heterocycles. The van der Waals surface area contributed by atoms with Gasteiger partial charge in [-0.05, 0) is 19.9 Å². The van der Waals surface area contributed by atoms with Crippen LogP contribution in [0.2, 0.25) is 0 Å². The quantitative estimate of drug-likeness (QED) is 0.868. The topological polar surface area (TPSA) is 68.2 Å². The van der Waals surface area contributed by atoms with E-state index in [1.807, 2.05) is 0 Å². The first kappa shape index (κ1) is 13.4. The Kier molecular flexibility index (Phi) is 5.18. The lowest BCUT2D eigenvalue weighted by Crippen LogP contribution is -2.28. The normalized spacial score (nSPS) is 16.7. The summed E-state index contributed by atoms with van der Waals surface area (Å²) < 4.78 is 4.96. The highest BCUT2D eigenvalue weighted by Gasteiger charge is 2.20. The van der Waals surface area contributed by atoms with Crippen LogP contribution in [0.5, 0.6) is 0 Å². The van der Waals surface area contributed by atoms with E-state index in [-0.39, 0.29) is 12.4 Å². The van der Waals surface area contributed by atoms with E-state index < -0.39 is 0 Å². The molecule has 0 bridgehead atoms. The zero-order chi connectivity index (χ0) is 10.7. The molecule has 0 aromatic carbocycles. The van der Waals surface area contributed by atoms with E-state index in [0.29, 0.717) is 18.5 Å². The minimum Gasteiger partial charge on any atom is -0.338 e. The average Bonchev–Trinajstić information content (AvgIpc) is 2.87. The summed E-state index contributed by atoms with van der Waals surface area (Å²) in [6, 6.07) is 0.685. The van der Waals surface area contributed by atoms with Crippen molar-refractivity contribution in [3.8, 4) is 0 Å². The van der Waals surface area contributed by atoms with Gasteiger partial charge in [-0.3, -0.25) is 4.90 Å². The molecule has 2 N–H and O–H groups in total. The Balaban J connectivity index is 0.00000128. The predicted molar refractivity (Wildman–Crippen MR) is 63.2 cm³/mol. The zero-order valence-electron chi connectivity index (χ0n) is 9.56. The molecule has 5 nitrogen and oxygen atoms in total. The zero-order valence-corrected chi connectivity index (χ0v) is 10.4. The van der Waals surface area contributed by atoms with Crippen LogP contribution in [0.15, 0.2) is 4.52 Å². The van der Waals surface area contributed by atoms with Crippen molar-refractivity contribution < 1.29 is 4.52 Å². The number of hydrogen-bond donors (Lipinski definition) is 1. The van der Waals surface area contributed by atoms with Gasteiger partial charge in [-0.1, -0.05) is 18.0 Å². The number of halogens is 1. The second kappa shape index (κ2) is 6.18. The van der Waals surface area contributed by atoms with Crippen molar-refractivity contribution in [2.75, 3.05) is 7.05 Å². The third-order valence-corrected chi connectivity index (χ3v) is 3.02. The molecule has 6 heteroatoms. The van der Waals surface area contributed by atoms with E-state index in [1.165, 1.54) is 25.7 Å². The number of nitrogens with two attached hydrogens (primary N) is 1. The van der Waals surface area contributed by atoms with E-state index in [2.05, 4.69) is 22.1 Å². The summed E-state index contributed by atoms with van der Waals surface area (Å²) in [5.74, 6) is 1.26. The molecule has 0 spiro atoms. The fourth-order valence-electron chi connectivity index (χ4n) is 2.13. The van der Waals surface area contributed by atoms with Crippen LogP contribution in [0.25, 0.3) is 0 Å². The van der Waals surface area contributed by atoms with Crippen LogP contribution in [0, 0.1) is 0 Å². The maximum Gasteiger partial charge on any atom is 0.240 e. The summed E-state index contributed by atoms with van der Waals surface area (Å²) in [6.07, 6.45) is 5.26. The van der Waals surface area contributed by atoms with Crippen molar-refractivity contribution in [3.05, 3.63) is 11.7 Å². The van der Waals surface area contributed by atoms with E-state index in [1.54, 1.807) is 0 Å². The second-order valence-corrected chi connectivity index (χ2v) is 4.16. The molecule has 1 fully saturated rings. The lowest BCUT2D eigenvalue weighted by molar-refractivity contribution is 0.228. The van der Waals surface area contributed by atoms with Gasteiger partial charge >= 0.3 is 0 Å². The van der Waals surface area contributed by atoms with Crippen LogP contribution < -0.4 is 5.73 Å². The monoisotopic (exact) mass is 246 g/mol. The van der Waals surface area contributed by atoms with Gasteiger partial charge in [-0.25, -0.2) is 0 Å². The van der Waals surface area contributed by atoms with Crippen molar-refractivity contribution in [1.82, 2.24) is 15.0 Å². The summed E-state index contributed by atoms with van der Waals surface area (Å²) in [6.45, 7) is 1.08. The van der Waals surface area contributed by atoms with E-state index in [0.717, 1.165) is 12.4 Å². The first-order valence-electron chi connectivity index (χ1n) is 5.51. The maximum absolute atomic E-state index is 5.41. The van der Waals surface area contributed by atoms with Crippen molar-refractivity contribution in [2.24, 2.45) is 5.73 Å². The summed E-state index contributed by atoms with van der Waals surface area (Å²) in [5.41, 5.74) is 5.41. The Morgan fingerprint density at radius 1 is 1.44 bits per heavy atom. The van der Waals surface area contributed by atoms with Gasteiger partial charge in [0, 0.05) is 6.04 Å². The molecule has 0 unspecified atom stereocenters. The molecule has 1 heterocycles.